The predicted octanol–water partition coefficient (Wildman–Crippen LogP) is 4.53. The lowest BCUT2D eigenvalue weighted by atomic mass is 10.1. The third-order valence-corrected chi connectivity index (χ3v) is 3.64. The van der Waals surface area contributed by atoms with Crippen LogP contribution in [0.5, 0.6) is 0 Å². The second kappa shape index (κ2) is 6.00. The zero-order valence-corrected chi connectivity index (χ0v) is 14.3. The summed E-state index contributed by atoms with van der Waals surface area (Å²) in [6.45, 7) is 5.57. The van der Waals surface area contributed by atoms with Gasteiger partial charge in [0.05, 0.1) is 5.69 Å². The minimum Gasteiger partial charge on any atom is -0.443 e. The number of rotatable bonds is 2. The van der Waals surface area contributed by atoms with Gasteiger partial charge in [0.25, 0.3) is 0 Å². The SMILES string of the molecule is CNc1nccc2cc(-c3cccn3C(=O)OC(C)(C)C)ccc12. The van der Waals surface area contributed by atoms with Crippen LogP contribution in [-0.2, 0) is 4.74 Å². The predicted molar refractivity (Wildman–Crippen MR) is 96.3 cm³/mol. The van der Waals surface area contributed by atoms with Crippen molar-refractivity contribution in [2.24, 2.45) is 0 Å². The average Bonchev–Trinajstić information content (AvgIpc) is 3.02. The Morgan fingerprint density at radius 3 is 2.71 bits per heavy atom. The van der Waals surface area contributed by atoms with Crippen LogP contribution in [0.4, 0.5) is 10.6 Å². The van der Waals surface area contributed by atoms with Crippen LogP contribution in [0.25, 0.3) is 22.0 Å². The Kier molecular flexibility index (Phi) is 4.01. The van der Waals surface area contributed by atoms with Crippen LogP contribution in [0, 0.1) is 0 Å². The Morgan fingerprint density at radius 2 is 2.00 bits per heavy atom. The topological polar surface area (TPSA) is 56.2 Å². The number of carbonyl (C=O) groups excluding carboxylic acids is 1. The fourth-order valence-electron chi connectivity index (χ4n) is 2.62. The molecule has 0 saturated heterocycles. The van der Waals surface area contributed by atoms with Crippen molar-refractivity contribution in [3.05, 3.63) is 48.8 Å². The van der Waals surface area contributed by atoms with E-state index in [1.807, 2.05) is 64.2 Å². The summed E-state index contributed by atoms with van der Waals surface area (Å²) in [5.41, 5.74) is 1.22. The first-order chi connectivity index (χ1) is 11.4. The van der Waals surface area contributed by atoms with E-state index in [-0.39, 0.29) is 6.09 Å². The lowest BCUT2D eigenvalue weighted by Crippen LogP contribution is -2.27. The molecule has 0 atom stereocenters. The maximum Gasteiger partial charge on any atom is 0.418 e. The molecule has 124 valence electrons. The van der Waals surface area contributed by atoms with Crippen LogP contribution >= 0.6 is 0 Å². The largest absolute Gasteiger partial charge is 0.443 e. The van der Waals surface area contributed by atoms with Crippen LogP contribution in [0.2, 0.25) is 0 Å². The van der Waals surface area contributed by atoms with Crippen LogP contribution in [0.3, 0.4) is 0 Å². The van der Waals surface area contributed by atoms with Crippen molar-refractivity contribution in [2.75, 3.05) is 12.4 Å². The number of hydrogen-bond donors (Lipinski definition) is 1. The Hall–Kier alpha value is -2.82. The third kappa shape index (κ3) is 3.11. The molecule has 5 heteroatoms. The Labute approximate surface area is 141 Å². The highest BCUT2D eigenvalue weighted by Gasteiger charge is 2.19. The van der Waals surface area contributed by atoms with Crippen LogP contribution < -0.4 is 5.32 Å². The van der Waals surface area contributed by atoms with Crippen molar-refractivity contribution in [1.82, 2.24) is 9.55 Å². The molecular weight excluding hydrogens is 302 g/mol. The Bertz CT molecular complexity index is 891. The zero-order valence-electron chi connectivity index (χ0n) is 14.3. The van der Waals surface area contributed by atoms with Crippen molar-refractivity contribution in [3.8, 4) is 11.3 Å². The van der Waals surface area contributed by atoms with E-state index in [1.165, 1.54) is 4.57 Å². The standard InChI is InChI=1S/C19H21N3O2/c1-19(2,3)24-18(23)22-11-5-6-16(22)14-7-8-15-13(12-14)9-10-21-17(15)20-4/h5-12H,1-4H3,(H,20,21). The van der Waals surface area contributed by atoms with Crippen molar-refractivity contribution in [1.29, 1.82) is 0 Å². The van der Waals surface area contributed by atoms with Crippen molar-refractivity contribution < 1.29 is 9.53 Å². The highest BCUT2D eigenvalue weighted by atomic mass is 16.6. The van der Waals surface area contributed by atoms with Gasteiger partial charge in [0.15, 0.2) is 0 Å². The molecule has 2 heterocycles. The average molecular weight is 323 g/mol. The second-order valence-electron chi connectivity index (χ2n) is 6.59. The molecule has 0 aliphatic rings. The molecule has 5 nitrogen and oxygen atoms in total. The van der Waals surface area contributed by atoms with E-state index in [9.17, 15) is 4.79 Å². The van der Waals surface area contributed by atoms with Gasteiger partial charge < -0.3 is 10.1 Å². The number of anilines is 1. The van der Waals surface area contributed by atoms with Gasteiger partial charge in [-0.2, -0.15) is 0 Å². The lowest BCUT2D eigenvalue weighted by Gasteiger charge is -2.20. The summed E-state index contributed by atoms with van der Waals surface area (Å²) in [5, 5.41) is 5.19. The van der Waals surface area contributed by atoms with Gasteiger partial charge in [-0.1, -0.05) is 6.07 Å². The van der Waals surface area contributed by atoms with Gasteiger partial charge in [0.2, 0.25) is 0 Å². The van der Waals surface area contributed by atoms with Gasteiger partial charge >= 0.3 is 6.09 Å². The van der Waals surface area contributed by atoms with Gasteiger partial charge in [-0.3, -0.25) is 4.57 Å². The molecule has 0 fully saturated rings. The van der Waals surface area contributed by atoms with Crippen LogP contribution in [0.1, 0.15) is 20.8 Å². The monoisotopic (exact) mass is 323 g/mol. The maximum absolute atomic E-state index is 12.4. The molecule has 0 spiro atoms. The summed E-state index contributed by atoms with van der Waals surface area (Å²) in [5.74, 6) is 0.835. The summed E-state index contributed by atoms with van der Waals surface area (Å²) in [7, 11) is 1.85. The summed E-state index contributed by atoms with van der Waals surface area (Å²) in [4.78, 5) is 16.7. The first-order valence-corrected chi connectivity index (χ1v) is 7.86. The van der Waals surface area contributed by atoms with E-state index in [2.05, 4.69) is 10.3 Å². The van der Waals surface area contributed by atoms with E-state index in [0.717, 1.165) is 27.8 Å². The first-order valence-electron chi connectivity index (χ1n) is 7.86. The first kappa shape index (κ1) is 16.1. The van der Waals surface area contributed by atoms with Crippen molar-refractivity contribution in [3.63, 3.8) is 0 Å². The minimum atomic E-state index is -0.532. The number of fused-ring (bicyclic) bond motifs is 1. The Balaban J connectivity index is 2.03. The van der Waals surface area contributed by atoms with E-state index >= 15 is 0 Å². The molecule has 1 N–H and O–H groups in total. The summed E-state index contributed by atoms with van der Waals surface area (Å²) >= 11 is 0. The van der Waals surface area contributed by atoms with Crippen molar-refractivity contribution >= 4 is 22.7 Å². The second-order valence-corrected chi connectivity index (χ2v) is 6.59. The number of ether oxygens (including phenoxy) is 1. The van der Waals surface area contributed by atoms with Gasteiger partial charge in [0, 0.05) is 24.8 Å². The molecule has 2 aromatic heterocycles. The van der Waals surface area contributed by atoms with Gasteiger partial charge in [-0.25, -0.2) is 9.78 Å². The molecule has 0 aliphatic carbocycles. The number of nitrogens with one attached hydrogen (secondary N) is 1. The van der Waals surface area contributed by atoms with Gasteiger partial charge in [-0.15, -0.1) is 0 Å². The number of aromatic nitrogens is 2. The van der Waals surface area contributed by atoms with E-state index < -0.39 is 5.60 Å². The molecule has 0 saturated carbocycles. The minimum absolute atomic E-state index is 0.381. The highest BCUT2D eigenvalue weighted by Crippen LogP contribution is 2.28. The number of pyridine rings is 1. The molecule has 0 bridgehead atoms. The number of benzene rings is 1. The molecule has 0 aliphatic heterocycles. The summed E-state index contributed by atoms with van der Waals surface area (Å²) in [6.07, 6.45) is 3.11. The van der Waals surface area contributed by atoms with E-state index in [0.29, 0.717) is 0 Å². The van der Waals surface area contributed by atoms with E-state index in [4.69, 9.17) is 4.74 Å². The van der Waals surface area contributed by atoms with Crippen molar-refractivity contribution in [2.45, 2.75) is 26.4 Å². The summed E-state index contributed by atoms with van der Waals surface area (Å²) in [6, 6.07) is 11.8. The normalized spacial score (nSPS) is 11.5. The fourth-order valence-corrected chi connectivity index (χ4v) is 2.62. The highest BCUT2D eigenvalue weighted by molar-refractivity contribution is 5.94. The molecule has 1 aromatic carbocycles. The molecule has 0 unspecified atom stereocenters. The molecule has 3 rings (SSSR count). The number of nitrogens with zero attached hydrogens (tertiary/aromatic N) is 2. The van der Waals surface area contributed by atoms with Crippen LogP contribution in [0.15, 0.2) is 48.8 Å². The third-order valence-electron chi connectivity index (χ3n) is 3.64. The number of carbonyl (C=O) groups is 1. The Morgan fingerprint density at radius 1 is 1.21 bits per heavy atom. The molecular formula is C19H21N3O2. The molecule has 0 amide bonds. The molecule has 3 aromatic rings. The fraction of sp³-hybridized carbons (Fsp3) is 0.263. The van der Waals surface area contributed by atoms with Gasteiger partial charge in [0.1, 0.15) is 11.4 Å². The quantitative estimate of drug-likeness (QED) is 0.753. The smallest absolute Gasteiger partial charge is 0.418 e. The van der Waals surface area contributed by atoms with Crippen LogP contribution in [-0.4, -0.2) is 28.3 Å². The molecule has 24 heavy (non-hydrogen) atoms. The number of hydrogen-bond acceptors (Lipinski definition) is 4. The van der Waals surface area contributed by atoms with E-state index in [1.54, 1.807) is 12.4 Å². The summed E-state index contributed by atoms with van der Waals surface area (Å²) < 4.78 is 7.01. The maximum atomic E-state index is 12.4. The van der Waals surface area contributed by atoms with Gasteiger partial charge in [-0.05, 0) is 62.1 Å². The molecule has 0 radical (unpaired) electrons. The lowest BCUT2D eigenvalue weighted by molar-refractivity contribution is 0.0540. The zero-order chi connectivity index (χ0) is 17.3.